The maximum Gasteiger partial charge on any atom is 0.239 e. The van der Waals surface area contributed by atoms with Gasteiger partial charge in [-0.25, -0.2) is 8.78 Å². The van der Waals surface area contributed by atoms with E-state index in [2.05, 4.69) is 36.6 Å². The number of carbonyl (C=O) groups is 2. The van der Waals surface area contributed by atoms with Crippen molar-refractivity contribution in [2.24, 2.45) is 0 Å². The lowest BCUT2D eigenvalue weighted by Crippen LogP contribution is -2.59. The molecule has 0 bridgehead atoms. The maximum absolute atomic E-state index is 13.8. The average molecular weight is 581 g/mol. The molecule has 0 spiro atoms. The van der Waals surface area contributed by atoms with Crippen molar-refractivity contribution in [3.05, 3.63) is 70.8 Å². The van der Waals surface area contributed by atoms with Gasteiger partial charge in [0, 0.05) is 38.8 Å². The Kier molecular flexibility index (Phi) is 14.0. The van der Waals surface area contributed by atoms with Crippen molar-refractivity contribution in [3.8, 4) is 0 Å². The second-order valence-electron chi connectivity index (χ2n) is 10.4. The molecule has 2 amide bonds. The highest BCUT2D eigenvalue weighted by Gasteiger charge is 2.32. The maximum atomic E-state index is 13.8. The van der Waals surface area contributed by atoms with Gasteiger partial charge in [-0.3, -0.25) is 14.5 Å². The van der Waals surface area contributed by atoms with Crippen molar-refractivity contribution in [2.75, 3.05) is 32.7 Å². The number of nitrogens with zero attached hydrogens (tertiary/aromatic N) is 2. The number of hydrogen-bond donors (Lipinski definition) is 3. The SMILES string of the molecule is CCCCN1CCN(CC(=O)N[C@@H](Cc2cc(F)cc(F)c2)[C@@H](O)CNCc2cccc(CC)c2)[C@H](C)C1=O.Cl. The molecule has 3 atom stereocenters. The first kappa shape index (κ1) is 33.6. The first-order chi connectivity index (χ1) is 18.7. The van der Waals surface area contributed by atoms with Gasteiger partial charge in [-0.15, -0.1) is 12.4 Å². The number of piperazine rings is 1. The van der Waals surface area contributed by atoms with Gasteiger partial charge in [-0.2, -0.15) is 0 Å². The molecule has 222 valence electrons. The summed E-state index contributed by atoms with van der Waals surface area (Å²) in [5, 5.41) is 17.1. The van der Waals surface area contributed by atoms with E-state index in [-0.39, 0.29) is 43.7 Å². The van der Waals surface area contributed by atoms with Crippen LogP contribution in [0.4, 0.5) is 8.78 Å². The highest BCUT2D eigenvalue weighted by atomic mass is 35.5. The second kappa shape index (κ2) is 16.6. The lowest BCUT2D eigenvalue weighted by molar-refractivity contribution is -0.142. The summed E-state index contributed by atoms with van der Waals surface area (Å²) >= 11 is 0. The molecular formula is C30H43ClF2N4O3. The summed E-state index contributed by atoms with van der Waals surface area (Å²) in [5.74, 6) is -1.78. The van der Waals surface area contributed by atoms with Crippen LogP contribution in [-0.4, -0.2) is 77.6 Å². The molecule has 2 aromatic rings. The zero-order chi connectivity index (χ0) is 28.4. The normalized spacial score (nSPS) is 17.3. The molecular weight excluding hydrogens is 538 g/mol. The van der Waals surface area contributed by atoms with Crippen LogP contribution in [0.5, 0.6) is 0 Å². The molecule has 0 saturated carbocycles. The summed E-state index contributed by atoms with van der Waals surface area (Å²) in [6.45, 7) is 8.51. The number of aryl methyl sites for hydroxylation is 1. The van der Waals surface area contributed by atoms with Crippen LogP contribution in [-0.2, 0) is 29.0 Å². The summed E-state index contributed by atoms with van der Waals surface area (Å²) in [6.07, 6.45) is 1.90. The number of rotatable bonds is 14. The van der Waals surface area contributed by atoms with Crippen molar-refractivity contribution >= 4 is 24.2 Å². The lowest BCUT2D eigenvalue weighted by Gasteiger charge is -2.39. The Bertz CT molecular complexity index is 1090. The average Bonchev–Trinajstić information content (AvgIpc) is 2.90. The predicted molar refractivity (Wildman–Crippen MR) is 155 cm³/mol. The lowest BCUT2D eigenvalue weighted by atomic mass is 10.00. The van der Waals surface area contributed by atoms with Gasteiger partial charge >= 0.3 is 0 Å². The third kappa shape index (κ3) is 10.1. The summed E-state index contributed by atoms with van der Waals surface area (Å²) in [7, 11) is 0. The number of halogens is 3. The number of hydrogen-bond acceptors (Lipinski definition) is 5. The molecule has 1 fully saturated rings. The Morgan fingerprint density at radius 3 is 2.45 bits per heavy atom. The topological polar surface area (TPSA) is 84.9 Å². The largest absolute Gasteiger partial charge is 0.390 e. The third-order valence-corrected chi connectivity index (χ3v) is 7.27. The molecule has 0 radical (unpaired) electrons. The molecule has 3 N–H and O–H groups in total. The number of aliphatic hydroxyl groups is 1. The zero-order valence-electron chi connectivity index (χ0n) is 23.7. The fourth-order valence-electron chi connectivity index (χ4n) is 4.93. The molecule has 1 aliphatic heterocycles. The highest BCUT2D eigenvalue weighted by Crippen LogP contribution is 2.14. The Balaban J connectivity index is 0.00000560. The van der Waals surface area contributed by atoms with E-state index in [1.54, 1.807) is 6.92 Å². The minimum atomic E-state index is -1.01. The van der Waals surface area contributed by atoms with E-state index in [1.807, 2.05) is 21.9 Å². The van der Waals surface area contributed by atoms with Crippen molar-refractivity contribution in [2.45, 2.75) is 71.2 Å². The van der Waals surface area contributed by atoms with Gasteiger partial charge in [0.15, 0.2) is 0 Å². The van der Waals surface area contributed by atoms with E-state index < -0.39 is 29.8 Å². The summed E-state index contributed by atoms with van der Waals surface area (Å²) < 4.78 is 27.7. The van der Waals surface area contributed by atoms with Gasteiger partial charge < -0.3 is 20.6 Å². The van der Waals surface area contributed by atoms with E-state index in [1.165, 1.54) is 17.7 Å². The molecule has 0 aromatic heterocycles. The fraction of sp³-hybridized carbons (Fsp3) is 0.533. The monoisotopic (exact) mass is 580 g/mol. The number of carbonyl (C=O) groups excluding carboxylic acids is 2. The third-order valence-electron chi connectivity index (χ3n) is 7.27. The molecule has 7 nitrogen and oxygen atoms in total. The molecule has 0 unspecified atom stereocenters. The van der Waals surface area contributed by atoms with E-state index in [0.717, 1.165) is 30.9 Å². The van der Waals surface area contributed by atoms with Gasteiger partial charge in [0.25, 0.3) is 0 Å². The zero-order valence-corrected chi connectivity index (χ0v) is 24.5. The Hall–Kier alpha value is -2.59. The van der Waals surface area contributed by atoms with Crippen LogP contribution in [0.1, 0.15) is 50.3 Å². The summed E-state index contributed by atoms with van der Waals surface area (Å²) in [5.41, 5.74) is 2.62. The minimum Gasteiger partial charge on any atom is -0.390 e. The van der Waals surface area contributed by atoms with Crippen LogP contribution in [0.25, 0.3) is 0 Å². The standard InChI is InChI=1S/C30H42F2N4O3.ClH/c1-4-6-10-35-11-12-36(21(3)30(35)39)20-29(38)34-27(16-24-14-25(31)17-26(32)15-24)28(37)19-33-18-23-9-7-8-22(5-2)13-23;/h7-9,13-15,17,21,27-28,33,37H,4-6,10-12,16,18-20H2,1-3H3,(H,34,38);1H/t21-,27+,28+;/m1./s1. The number of amides is 2. The summed E-state index contributed by atoms with van der Waals surface area (Å²) in [4.78, 5) is 29.5. The van der Waals surface area contributed by atoms with Crippen molar-refractivity contribution < 1.29 is 23.5 Å². The molecule has 0 aliphatic carbocycles. The highest BCUT2D eigenvalue weighted by molar-refractivity contribution is 5.85. The number of unbranched alkanes of at least 4 members (excludes halogenated alkanes) is 1. The van der Waals surface area contributed by atoms with E-state index in [0.29, 0.717) is 31.7 Å². The van der Waals surface area contributed by atoms with Crippen LogP contribution >= 0.6 is 12.4 Å². The van der Waals surface area contributed by atoms with Gasteiger partial charge in [-0.05, 0) is 55.0 Å². The van der Waals surface area contributed by atoms with Crippen LogP contribution in [0.3, 0.4) is 0 Å². The van der Waals surface area contributed by atoms with Crippen molar-refractivity contribution in [1.82, 2.24) is 20.4 Å². The van der Waals surface area contributed by atoms with Gasteiger partial charge in [0.05, 0.1) is 24.7 Å². The summed E-state index contributed by atoms with van der Waals surface area (Å²) in [6, 6.07) is 10.1. The number of benzene rings is 2. The first-order valence-electron chi connectivity index (χ1n) is 13.9. The van der Waals surface area contributed by atoms with Crippen LogP contribution in [0.2, 0.25) is 0 Å². The molecule has 2 aromatic carbocycles. The van der Waals surface area contributed by atoms with Crippen LogP contribution in [0.15, 0.2) is 42.5 Å². The van der Waals surface area contributed by atoms with Gasteiger partial charge in [0.1, 0.15) is 11.6 Å². The first-order valence-corrected chi connectivity index (χ1v) is 13.9. The Morgan fingerprint density at radius 2 is 1.77 bits per heavy atom. The molecule has 10 heteroatoms. The van der Waals surface area contributed by atoms with E-state index in [9.17, 15) is 23.5 Å². The van der Waals surface area contributed by atoms with Crippen molar-refractivity contribution in [3.63, 3.8) is 0 Å². The Labute approximate surface area is 242 Å². The minimum absolute atomic E-state index is 0. The predicted octanol–water partition coefficient (Wildman–Crippen LogP) is 3.46. The Morgan fingerprint density at radius 1 is 1.07 bits per heavy atom. The second-order valence-corrected chi connectivity index (χ2v) is 10.4. The molecule has 1 aliphatic rings. The molecule has 40 heavy (non-hydrogen) atoms. The van der Waals surface area contributed by atoms with Crippen LogP contribution in [0, 0.1) is 11.6 Å². The fourth-order valence-corrected chi connectivity index (χ4v) is 4.93. The molecule has 3 rings (SSSR count). The quantitative estimate of drug-likeness (QED) is 0.319. The van der Waals surface area contributed by atoms with Crippen molar-refractivity contribution in [1.29, 1.82) is 0 Å². The molecule has 1 heterocycles. The van der Waals surface area contributed by atoms with Crippen LogP contribution < -0.4 is 10.6 Å². The van der Waals surface area contributed by atoms with E-state index in [4.69, 9.17) is 0 Å². The number of aliphatic hydroxyl groups excluding tert-OH is 1. The molecule has 1 saturated heterocycles. The van der Waals surface area contributed by atoms with E-state index >= 15 is 0 Å². The number of nitrogens with one attached hydrogen (secondary N) is 2. The smallest absolute Gasteiger partial charge is 0.239 e. The van der Waals surface area contributed by atoms with Gasteiger partial charge in [-0.1, -0.05) is 44.5 Å². The van der Waals surface area contributed by atoms with Gasteiger partial charge in [0.2, 0.25) is 11.8 Å².